The van der Waals surface area contributed by atoms with Crippen LogP contribution in [-0.2, 0) is 0 Å². The van der Waals surface area contributed by atoms with E-state index < -0.39 is 5.60 Å². The van der Waals surface area contributed by atoms with Gasteiger partial charge in [-0.1, -0.05) is 26.2 Å². The van der Waals surface area contributed by atoms with Gasteiger partial charge in [0.15, 0.2) is 0 Å². The zero-order valence-electron chi connectivity index (χ0n) is 10.3. The van der Waals surface area contributed by atoms with Crippen LogP contribution in [0.4, 0.5) is 0 Å². The molecule has 1 aliphatic heterocycles. The molecule has 2 heteroatoms. The molecule has 2 aliphatic rings. The van der Waals surface area contributed by atoms with Crippen LogP contribution in [0.3, 0.4) is 0 Å². The summed E-state index contributed by atoms with van der Waals surface area (Å²) in [5.41, 5.74) is 0.206. The number of aliphatic hydroxyl groups is 1. The van der Waals surface area contributed by atoms with E-state index in [0.717, 1.165) is 19.4 Å². The Bertz CT molecular complexity index is 211. The van der Waals surface area contributed by atoms with Gasteiger partial charge in [-0.05, 0) is 31.6 Å². The summed E-state index contributed by atoms with van der Waals surface area (Å²) < 4.78 is 0. The summed E-state index contributed by atoms with van der Waals surface area (Å²) in [7, 11) is 0. The molecule has 1 heterocycles. The Hall–Kier alpha value is -0.0800. The molecule has 0 aromatic carbocycles. The summed E-state index contributed by atoms with van der Waals surface area (Å²) in [5, 5.41) is 10.1. The lowest BCUT2D eigenvalue weighted by atomic mass is 9.77. The second-order valence-electron chi connectivity index (χ2n) is 6.10. The molecule has 1 aliphatic carbocycles. The highest BCUT2D eigenvalue weighted by molar-refractivity contribution is 4.99. The Morgan fingerprint density at radius 3 is 2.40 bits per heavy atom. The Labute approximate surface area is 93.7 Å². The van der Waals surface area contributed by atoms with E-state index in [4.69, 9.17) is 0 Å². The number of β-amino-alcohol motifs (C(OH)–C–C–N with tert-alkyl or cyclic N) is 1. The van der Waals surface area contributed by atoms with Gasteiger partial charge in [-0.2, -0.15) is 0 Å². The largest absolute Gasteiger partial charge is 0.389 e. The molecule has 1 saturated heterocycles. The van der Waals surface area contributed by atoms with Crippen LogP contribution in [0.2, 0.25) is 0 Å². The third-order valence-corrected chi connectivity index (χ3v) is 4.14. The molecule has 1 atom stereocenters. The van der Waals surface area contributed by atoms with Gasteiger partial charge in [0.2, 0.25) is 0 Å². The monoisotopic (exact) mass is 211 g/mol. The van der Waals surface area contributed by atoms with E-state index >= 15 is 0 Å². The predicted molar refractivity (Wildman–Crippen MR) is 62.9 cm³/mol. The summed E-state index contributed by atoms with van der Waals surface area (Å²) in [6, 6.07) is 0. The molecule has 0 radical (unpaired) electrons. The van der Waals surface area contributed by atoms with Gasteiger partial charge in [0.05, 0.1) is 5.60 Å². The summed E-state index contributed by atoms with van der Waals surface area (Å²) in [6.07, 6.45) is 7.72. The van der Waals surface area contributed by atoms with Crippen molar-refractivity contribution in [1.29, 1.82) is 0 Å². The normalized spacial score (nSPS) is 29.0. The molecule has 15 heavy (non-hydrogen) atoms. The quantitative estimate of drug-likeness (QED) is 0.772. The van der Waals surface area contributed by atoms with Crippen LogP contribution in [0.25, 0.3) is 0 Å². The average Bonchev–Trinajstić information content (AvgIpc) is 2.51. The van der Waals surface area contributed by atoms with E-state index in [1.807, 2.05) is 6.92 Å². The Balaban J connectivity index is 1.75. The van der Waals surface area contributed by atoms with Crippen LogP contribution < -0.4 is 0 Å². The Morgan fingerprint density at radius 1 is 1.27 bits per heavy atom. The molecule has 1 unspecified atom stereocenters. The lowest BCUT2D eigenvalue weighted by molar-refractivity contribution is -0.0613. The molecule has 0 aromatic rings. The first-order valence-electron chi connectivity index (χ1n) is 6.50. The minimum Gasteiger partial charge on any atom is -0.389 e. The number of hydrogen-bond acceptors (Lipinski definition) is 2. The molecule has 1 N–H and O–H groups in total. The smallest absolute Gasteiger partial charge is 0.0746 e. The summed E-state index contributed by atoms with van der Waals surface area (Å²) in [4.78, 5) is 2.45. The topological polar surface area (TPSA) is 23.5 Å². The highest BCUT2D eigenvalue weighted by atomic mass is 16.3. The summed E-state index contributed by atoms with van der Waals surface area (Å²) in [6.45, 7) is 7.49. The van der Waals surface area contributed by atoms with Crippen LogP contribution in [0, 0.1) is 5.41 Å². The van der Waals surface area contributed by atoms with E-state index in [0.29, 0.717) is 5.41 Å². The van der Waals surface area contributed by atoms with Gasteiger partial charge in [0.1, 0.15) is 0 Å². The average molecular weight is 211 g/mol. The van der Waals surface area contributed by atoms with E-state index in [-0.39, 0.29) is 0 Å². The third-order valence-electron chi connectivity index (χ3n) is 4.14. The van der Waals surface area contributed by atoms with Crippen molar-refractivity contribution in [2.45, 2.75) is 58.0 Å². The third kappa shape index (κ3) is 2.54. The van der Waals surface area contributed by atoms with Crippen molar-refractivity contribution in [2.24, 2.45) is 5.41 Å². The van der Waals surface area contributed by atoms with Crippen molar-refractivity contribution >= 4 is 0 Å². The molecule has 2 fully saturated rings. The number of nitrogens with zero attached hydrogens (tertiary/aromatic N) is 1. The highest BCUT2D eigenvalue weighted by Gasteiger charge is 2.45. The molecule has 1 spiro atoms. The lowest BCUT2D eigenvalue weighted by Crippen LogP contribution is -2.58. The second-order valence-corrected chi connectivity index (χ2v) is 6.10. The van der Waals surface area contributed by atoms with E-state index in [1.54, 1.807) is 0 Å². The first-order valence-corrected chi connectivity index (χ1v) is 6.50. The van der Waals surface area contributed by atoms with Crippen molar-refractivity contribution in [3.8, 4) is 0 Å². The predicted octanol–water partition coefficient (Wildman–Crippen LogP) is 2.41. The maximum absolute atomic E-state index is 10.1. The van der Waals surface area contributed by atoms with Crippen LogP contribution in [-0.4, -0.2) is 35.2 Å². The summed E-state index contributed by atoms with van der Waals surface area (Å²) in [5.74, 6) is 0. The van der Waals surface area contributed by atoms with Crippen LogP contribution in [0.5, 0.6) is 0 Å². The fraction of sp³-hybridized carbons (Fsp3) is 1.00. The van der Waals surface area contributed by atoms with E-state index in [2.05, 4.69) is 11.8 Å². The Kier molecular flexibility index (Phi) is 3.09. The van der Waals surface area contributed by atoms with Gasteiger partial charge >= 0.3 is 0 Å². The van der Waals surface area contributed by atoms with Gasteiger partial charge in [0, 0.05) is 19.6 Å². The number of likely N-dealkylation sites (tertiary alicyclic amines) is 1. The highest BCUT2D eigenvalue weighted by Crippen LogP contribution is 2.45. The molecule has 0 amide bonds. The zero-order valence-corrected chi connectivity index (χ0v) is 10.3. The first-order chi connectivity index (χ1) is 7.05. The number of rotatable bonds is 4. The van der Waals surface area contributed by atoms with Gasteiger partial charge in [-0.25, -0.2) is 0 Å². The van der Waals surface area contributed by atoms with Gasteiger partial charge in [-0.15, -0.1) is 0 Å². The lowest BCUT2D eigenvalue weighted by Gasteiger charge is -2.50. The van der Waals surface area contributed by atoms with Gasteiger partial charge in [0.25, 0.3) is 0 Å². The van der Waals surface area contributed by atoms with Crippen molar-refractivity contribution in [2.75, 3.05) is 19.6 Å². The molecule has 0 bridgehead atoms. The summed E-state index contributed by atoms with van der Waals surface area (Å²) >= 11 is 0. The van der Waals surface area contributed by atoms with Crippen molar-refractivity contribution in [1.82, 2.24) is 4.90 Å². The van der Waals surface area contributed by atoms with Crippen molar-refractivity contribution in [3.63, 3.8) is 0 Å². The first kappa shape index (κ1) is 11.4. The molecule has 1 saturated carbocycles. The second kappa shape index (κ2) is 4.06. The zero-order chi connectivity index (χ0) is 10.9. The Morgan fingerprint density at radius 2 is 1.87 bits per heavy atom. The molecular weight excluding hydrogens is 186 g/mol. The van der Waals surface area contributed by atoms with Crippen LogP contribution in [0.15, 0.2) is 0 Å². The van der Waals surface area contributed by atoms with Crippen LogP contribution in [0.1, 0.15) is 52.4 Å². The number of hydrogen-bond donors (Lipinski definition) is 1. The van der Waals surface area contributed by atoms with Gasteiger partial charge < -0.3 is 5.11 Å². The standard InChI is InChI=1S/C13H25NO/c1-3-6-12(2,15)9-14-10-13(11-14)7-4-5-8-13/h15H,3-11H2,1-2H3. The molecule has 2 nitrogen and oxygen atoms in total. The minimum atomic E-state index is -0.463. The molecule has 2 rings (SSSR count). The maximum atomic E-state index is 10.1. The van der Waals surface area contributed by atoms with Crippen molar-refractivity contribution in [3.05, 3.63) is 0 Å². The maximum Gasteiger partial charge on any atom is 0.0746 e. The van der Waals surface area contributed by atoms with Gasteiger partial charge in [-0.3, -0.25) is 4.90 Å². The minimum absolute atomic E-state index is 0.463. The van der Waals surface area contributed by atoms with Crippen molar-refractivity contribution < 1.29 is 5.11 Å². The fourth-order valence-corrected chi connectivity index (χ4v) is 3.55. The van der Waals surface area contributed by atoms with Crippen LogP contribution >= 0.6 is 0 Å². The van der Waals surface area contributed by atoms with E-state index in [1.165, 1.54) is 38.8 Å². The van der Waals surface area contributed by atoms with E-state index in [9.17, 15) is 5.11 Å². The molecular formula is C13H25NO. The SMILES string of the molecule is CCCC(C)(O)CN1CC2(CCCC2)C1. The molecule has 0 aromatic heterocycles. The fourth-order valence-electron chi connectivity index (χ4n) is 3.55. The molecule has 88 valence electrons.